The Morgan fingerprint density at radius 3 is 2.64 bits per heavy atom. The Morgan fingerprint density at radius 2 is 1.91 bits per heavy atom. The molecule has 1 saturated carbocycles. The molecule has 1 fully saturated rings. The topological polar surface area (TPSA) is 70.2 Å². The number of amides is 3. The molecular formula is C17H25N3O2. The highest BCUT2D eigenvalue weighted by atomic mass is 16.2. The van der Waals surface area contributed by atoms with Gasteiger partial charge in [0, 0.05) is 18.8 Å². The largest absolute Gasteiger partial charge is 0.359 e. The summed E-state index contributed by atoms with van der Waals surface area (Å²) in [7, 11) is 1.61. The van der Waals surface area contributed by atoms with E-state index in [1.165, 1.54) is 12.8 Å². The first-order valence-corrected chi connectivity index (χ1v) is 7.96. The Balaban J connectivity index is 1.97. The molecule has 3 N–H and O–H groups in total. The highest BCUT2D eigenvalue weighted by Crippen LogP contribution is 2.24. The number of urea groups is 1. The minimum absolute atomic E-state index is 0.0736. The fourth-order valence-corrected chi connectivity index (χ4v) is 2.92. The summed E-state index contributed by atoms with van der Waals surface area (Å²) in [5.41, 5.74) is 1.50. The van der Waals surface area contributed by atoms with Crippen molar-refractivity contribution >= 4 is 17.6 Å². The summed E-state index contributed by atoms with van der Waals surface area (Å²) in [4.78, 5) is 23.8. The average molecular weight is 303 g/mol. The summed E-state index contributed by atoms with van der Waals surface area (Å²) in [5.74, 6) is 0.441. The third-order valence-corrected chi connectivity index (χ3v) is 4.32. The second kappa shape index (κ2) is 7.82. The highest BCUT2D eigenvalue weighted by molar-refractivity contribution is 5.91. The minimum Gasteiger partial charge on any atom is -0.359 e. The number of likely N-dealkylation sites (N-methyl/N-ethyl adjacent to an activating group) is 1. The Morgan fingerprint density at radius 1 is 1.18 bits per heavy atom. The fraction of sp³-hybridized carbons (Fsp3) is 0.529. The van der Waals surface area contributed by atoms with Crippen LogP contribution in [0.3, 0.4) is 0 Å². The summed E-state index contributed by atoms with van der Waals surface area (Å²) in [6.45, 7) is 2.18. The molecule has 0 bridgehead atoms. The van der Waals surface area contributed by atoms with E-state index in [1.54, 1.807) is 7.05 Å². The average Bonchev–Trinajstić information content (AvgIpc) is 2.51. The third-order valence-electron chi connectivity index (χ3n) is 4.32. The molecule has 0 spiro atoms. The van der Waals surface area contributed by atoms with Crippen molar-refractivity contribution in [2.75, 3.05) is 12.4 Å². The molecule has 0 heterocycles. The molecule has 1 aliphatic carbocycles. The number of para-hydroxylation sites is 1. The molecule has 5 nitrogen and oxygen atoms in total. The van der Waals surface area contributed by atoms with Crippen LogP contribution in [0.25, 0.3) is 0 Å². The summed E-state index contributed by atoms with van der Waals surface area (Å²) in [5, 5.41) is 8.54. The van der Waals surface area contributed by atoms with Crippen LogP contribution in [0.4, 0.5) is 10.5 Å². The van der Waals surface area contributed by atoms with Gasteiger partial charge in [-0.05, 0) is 30.4 Å². The molecular weight excluding hydrogens is 278 g/mol. The molecule has 2 rings (SSSR count). The van der Waals surface area contributed by atoms with E-state index in [9.17, 15) is 9.59 Å². The lowest BCUT2D eigenvalue weighted by atomic mass is 9.86. The van der Waals surface area contributed by atoms with Crippen LogP contribution in [0.15, 0.2) is 24.3 Å². The smallest absolute Gasteiger partial charge is 0.319 e. The van der Waals surface area contributed by atoms with Gasteiger partial charge in [-0.25, -0.2) is 4.79 Å². The number of rotatable bonds is 4. The van der Waals surface area contributed by atoms with Crippen molar-refractivity contribution in [3.63, 3.8) is 0 Å². The molecule has 0 aromatic heterocycles. The zero-order chi connectivity index (χ0) is 15.9. The molecule has 120 valence electrons. The first-order chi connectivity index (χ1) is 10.6. The van der Waals surface area contributed by atoms with Gasteiger partial charge in [0.25, 0.3) is 0 Å². The van der Waals surface area contributed by atoms with E-state index in [0.29, 0.717) is 11.6 Å². The van der Waals surface area contributed by atoms with Gasteiger partial charge >= 0.3 is 6.03 Å². The number of nitrogens with one attached hydrogen (secondary N) is 3. The van der Waals surface area contributed by atoms with Crippen molar-refractivity contribution in [3.05, 3.63) is 29.8 Å². The van der Waals surface area contributed by atoms with E-state index in [2.05, 4.69) is 22.9 Å². The van der Waals surface area contributed by atoms with Crippen LogP contribution in [0.2, 0.25) is 0 Å². The van der Waals surface area contributed by atoms with Gasteiger partial charge < -0.3 is 16.0 Å². The Kier molecular flexibility index (Phi) is 5.81. The number of carbonyl (C=O) groups is 2. The van der Waals surface area contributed by atoms with E-state index in [1.807, 2.05) is 24.3 Å². The van der Waals surface area contributed by atoms with Crippen LogP contribution in [0.5, 0.6) is 0 Å². The van der Waals surface area contributed by atoms with E-state index >= 15 is 0 Å². The normalized spacial score (nSPS) is 21.0. The summed E-state index contributed by atoms with van der Waals surface area (Å²) in [6, 6.07) is 7.44. The molecule has 0 saturated heterocycles. The Labute approximate surface area is 131 Å². The maximum Gasteiger partial charge on any atom is 0.319 e. The lowest BCUT2D eigenvalue weighted by molar-refractivity contribution is -0.119. The minimum atomic E-state index is -0.192. The van der Waals surface area contributed by atoms with Gasteiger partial charge in [-0.2, -0.15) is 0 Å². The predicted molar refractivity (Wildman–Crippen MR) is 87.8 cm³/mol. The second-order valence-electron chi connectivity index (χ2n) is 5.97. The molecule has 5 heteroatoms. The van der Waals surface area contributed by atoms with Crippen LogP contribution < -0.4 is 16.0 Å². The van der Waals surface area contributed by atoms with Crippen molar-refractivity contribution in [2.24, 2.45) is 5.92 Å². The Bertz CT molecular complexity index is 530. The first kappa shape index (κ1) is 16.3. The van der Waals surface area contributed by atoms with Crippen molar-refractivity contribution in [3.8, 4) is 0 Å². The van der Waals surface area contributed by atoms with Crippen LogP contribution in [0, 0.1) is 5.92 Å². The molecule has 0 radical (unpaired) electrons. The van der Waals surface area contributed by atoms with Crippen LogP contribution in [-0.2, 0) is 11.2 Å². The van der Waals surface area contributed by atoms with Crippen molar-refractivity contribution in [1.82, 2.24) is 10.6 Å². The predicted octanol–water partition coefficient (Wildman–Crippen LogP) is 2.68. The van der Waals surface area contributed by atoms with Crippen LogP contribution in [0.1, 0.15) is 38.2 Å². The first-order valence-electron chi connectivity index (χ1n) is 7.96. The zero-order valence-corrected chi connectivity index (χ0v) is 13.3. The summed E-state index contributed by atoms with van der Waals surface area (Å²) < 4.78 is 0. The molecule has 1 aliphatic rings. The zero-order valence-electron chi connectivity index (χ0n) is 13.3. The summed E-state index contributed by atoms with van der Waals surface area (Å²) in [6.07, 6.45) is 4.87. The van der Waals surface area contributed by atoms with Crippen LogP contribution in [-0.4, -0.2) is 25.0 Å². The van der Waals surface area contributed by atoms with Crippen molar-refractivity contribution in [2.45, 2.75) is 45.1 Å². The number of benzene rings is 1. The van der Waals surface area contributed by atoms with Gasteiger partial charge in [0.05, 0.1) is 6.42 Å². The molecule has 0 unspecified atom stereocenters. The Hall–Kier alpha value is -2.04. The maximum atomic E-state index is 12.2. The molecule has 22 heavy (non-hydrogen) atoms. The van der Waals surface area contributed by atoms with E-state index in [4.69, 9.17) is 0 Å². The van der Waals surface area contributed by atoms with Gasteiger partial charge in [0.15, 0.2) is 0 Å². The van der Waals surface area contributed by atoms with Crippen molar-refractivity contribution < 1.29 is 9.59 Å². The van der Waals surface area contributed by atoms with Crippen LogP contribution >= 0.6 is 0 Å². The van der Waals surface area contributed by atoms with Gasteiger partial charge in [0.2, 0.25) is 5.91 Å². The number of anilines is 1. The number of carbonyl (C=O) groups excluding carboxylic acids is 2. The third kappa shape index (κ3) is 4.48. The van der Waals surface area contributed by atoms with Gasteiger partial charge in [-0.1, -0.05) is 38.0 Å². The number of hydrogen-bond donors (Lipinski definition) is 3. The molecule has 3 amide bonds. The van der Waals surface area contributed by atoms with E-state index in [0.717, 1.165) is 18.4 Å². The van der Waals surface area contributed by atoms with Gasteiger partial charge in [-0.3, -0.25) is 4.79 Å². The fourth-order valence-electron chi connectivity index (χ4n) is 2.92. The highest BCUT2D eigenvalue weighted by Gasteiger charge is 2.23. The van der Waals surface area contributed by atoms with Crippen molar-refractivity contribution in [1.29, 1.82) is 0 Å². The molecule has 1 aromatic carbocycles. The molecule has 1 aromatic rings. The van der Waals surface area contributed by atoms with E-state index < -0.39 is 0 Å². The lowest BCUT2D eigenvalue weighted by Gasteiger charge is -2.29. The summed E-state index contributed by atoms with van der Waals surface area (Å²) >= 11 is 0. The van der Waals surface area contributed by atoms with Gasteiger partial charge in [-0.15, -0.1) is 0 Å². The lowest BCUT2D eigenvalue weighted by Crippen LogP contribution is -2.43. The maximum absolute atomic E-state index is 12.2. The quantitative estimate of drug-likeness (QED) is 0.800. The standard InChI is InChI=1S/C17H25N3O2/c1-12-7-3-5-9-14(12)19-17(22)20-15-10-6-4-8-13(15)11-16(21)18-2/h4,6,8,10,12,14H,3,5,7,9,11H2,1-2H3,(H,18,21)(H2,19,20,22)/t12-,14+/m1/s1. The SMILES string of the molecule is CNC(=O)Cc1ccccc1NC(=O)N[C@H]1CCCC[C@H]1C. The molecule has 2 atom stereocenters. The van der Waals surface area contributed by atoms with E-state index in [-0.39, 0.29) is 24.4 Å². The second-order valence-corrected chi connectivity index (χ2v) is 5.97. The van der Waals surface area contributed by atoms with Gasteiger partial charge in [0.1, 0.15) is 0 Å². The monoisotopic (exact) mass is 303 g/mol. The molecule has 0 aliphatic heterocycles. The number of hydrogen-bond acceptors (Lipinski definition) is 2.